The summed E-state index contributed by atoms with van der Waals surface area (Å²) in [6.45, 7) is 2.02. The number of hydrogen-bond donors (Lipinski definition) is 0. The monoisotopic (exact) mass is 315 g/mol. The molecule has 0 aromatic carbocycles. The number of hydrogen-bond acceptors (Lipinski definition) is 5. The van der Waals surface area contributed by atoms with Gasteiger partial charge >= 0.3 is 5.97 Å². The fourth-order valence-corrected chi connectivity index (χ4v) is 6.66. The zero-order chi connectivity index (χ0) is 15.3. The predicted molar refractivity (Wildman–Crippen MR) is 75.3 cm³/mol. The summed E-state index contributed by atoms with van der Waals surface area (Å²) < 4.78 is 40.4. The molecule has 4 aliphatic carbocycles. The summed E-state index contributed by atoms with van der Waals surface area (Å²) in [5.41, 5.74) is -0.653. The van der Waals surface area contributed by atoms with Gasteiger partial charge in [-0.2, -0.15) is 0 Å². The molecular weight excluding hydrogens is 292 g/mol. The van der Waals surface area contributed by atoms with E-state index in [1.807, 2.05) is 6.92 Å². The van der Waals surface area contributed by atoms with Crippen molar-refractivity contribution in [3.63, 3.8) is 0 Å². The highest BCUT2D eigenvalue weighted by molar-refractivity contribution is 7.87. The lowest BCUT2D eigenvalue weighted by Crippen LogP contribution is -2.56. The normalized spacial score (nSPS) is 39.2. The zero-order valence-electron chi connectivity index (χ0n) is 12.4. The van der Waals surface area contributed by atoms with E-state index < -0.39 is 26.8 Å². The predicted octanol–water partition coefficient (Wildman–Crippen LogP) is 2.07. The fourth-order valence-electron chi connectivity index (χ4n) is 5.45. The van der Waals surface area contributed by atoms with Crippen LogP contribution in [0, 0.1) is 23.2 Å². The Morgan fingerprint density at radius 3 is 2.05 bits per heavy atom. The quantitative estimate of drug-likeness (QED) is 0.573. The number of rotatable bonds is 5. The maximum Gasteiger partial charge on any atom is 0.323 e. The van der Waals surface area contributed by atoms with E-state index in [1.165, 1.54) is 0 Å². The Bertz CT molecular complexity index is 489. The average Bonchev–Trinajstić information content (AvgIpc) is 2.32. The Balaban J connectivity index is 1.91. The summed E-state index contributed by atoms with van der Waals surface area (Å²) in [4.78, 5) is 12.3. The molecule has 4 fully saturated rings. The van der Waals surface area contributed by atoms with Crippen molar-refractivity contribution < 1.29 is 22.5 Å². The summed E-state index contributed by atoms with van der Waals surface area (Å²) in [5, 5.41) is -1.50. The van der Waals surface area contributed by atoms with Gasteiger partial charge in [0.1, 0.15) is 10.1 Å². The van der Waals surface area contributed by atoms with E-state index in [2.05, 4.69) is 0 Å². The van der Waals surface area contributed by atoms with Gasteiger partial charge in [0.15, 0.2) is 5.25 Å². The molecule has 5 nitrogen and oxygen atoms in total. The molecule has 21 heavy (non-hydrogen) atoms. The molecule has 1 unspecified atom stereocenters. The summed E-state index contributed by atoms with van der Waals surface area (Å²) >= 11 is 0. The maximum atomic E-state index is 12.3. The topological polar surface area (TPSA) is 83.5 Å². The summed E-state index contributed by atoms with van der Waals surface area (Å²) in [6.07, 6.45) is 6.13. The number of carbonyl (C=O) groups is 1. The molecule has 4 saturated carbocycles. The maximum absolute atomic E-state index is 12.3. The van der Waals surface area contributed by atoms with Gasteiger partial charge in [-0.05, 0) is 68.1 Å². The van der Waals surface area contributed by atoms with Crippen molar-refractivity contribution in [2.75, 3.05) is 6.61 Å². The Hall–Kier alpha value is -0.620. The first-order chi connectivity index (χ1) is 9.84. The number of esters is 1. The van der Waals surface area contributed by atoms with Crippen LogP contribution < -0.4 is 0 Å². The molecule has 0 radical (unpaired) electrons. The standard InChI is InChI=1S/C15H24O5S/c1-2-3-20-14(16)13(21(17,18)19)15-7-10-4-11(8-15)6-12(5-10)9-15/h10-13H,2-9H2,1H3,(H,17,18,19)/p-1. The lowest BCUT2D eigenvalue weighted by molar-refractivity contribution is -0.151. The van der Waals surface area contributed by atoms with Crippen molar-refractivity contribution >= 4 is 16.1 Å². The lowest BCUT2D eigenvalue weighted by Gasteiger charge is -2.58. The second kappa shape index (κ2) is 5.23. The van der Waals surface area contributed by atoms with Crippen LogP contribution in [0.25, 0.3) is 0 Å². The molecular formula is C15H23O5S-. The first-order valence-electron chi connectivity index (χ1n) is 7.95. The van der Waals surface area contributed by atoms with Gasteiger partial charge in [0.25, 0.3) is 0 Å². The van der Waals surface area contributed by atoms with Crippen molar-refractivity contribution in [1.82, 2.24) is 0 Å². The van der Waals surface area contributed by atoms with Crippen LogP contribution in [-0.2, 0) is 19.6 Å². The largest absolute Gasteiger partial charge is 0.747 e. The molecule has 4 rings (SSSR count). The summed E-state index contributed by atoms with van der Waals surface area (Å²) in [6, 6.07) is 0. The molecule has 4 bridgehead atoms. The van der Waals surface area contributed by atoms with Gasteiger partial charge in [0, 0.05) is 0 Å². The van der Waals surface area contributed by atoms with Crippen LogP contribution in [-0.4, -0.2) is 30.8 Å². The van der Waals surface area contributed by atoms with Gasteiger partial charge in [-0.15, -0.1) is 0 Å². The van der Waals surface area contributed by atoms with Crippen LogP contribution in [0.15, 0.2) is 0 Å². The van der Waals surface area contributed by atoms with Crippen molar-refractivity contribution in [1.29, 1.82) is 0 Å². The fraction of sp³-hybridized carbons (Fsp3) is 0.933. The SMILES string of the molecule is CCCOC(=O)C(C12CC3CC(CC(C3)C1)C2)S(=O)(=O)[O-]. The summed E-state index contributed by atoms with van der Waals surface area (Å²) in [5.74, 6) is 0.646. The second-order valence-electron chi connectivity index (χ2n) is 7.32. The minimum atomic E-state index is -4.68. The van der Waals surface area contributed by atoms with Crippen LogP contribution in [0.4, 0.5) is 0 Å². The van der Waals surface area contributed by atoms with E-state index in [-0.39, 0.29) is 6.61 Å². The molecule has 0 amide bonds. The van der Waals surface area contributed by atoms with E-state index in [1.54, 1.807) is 0 Å². The van der Waals surface area contributed by atoms with Crippen LogP contribution in [0.2, 0.25) is 0 Å². The second-order valence-corrected chi connectivity index (χ2v) is 8.78. The van der Waals surface area contributed by atoms with Crippen LogP contribution >= 0.6 is 0 Å². The summed E-state index contributed by atoms with van der Waals surface area (Å²) in [7, 11) is -4.68. The van der Waals surface area contributed by atoms with Crippen LogP contribution in [0.5, 0.6) is 0 Å². The first kappa shape index (κ1) is 15.3. The van der Waals surface area contributed by atoms with Gasteiger partial charge in [-0.1, -0.05) is 6.92 Å². The molecule has 0 spiro atoms. The van der Waals surface area contributed by atoms with E-state index in [0.29, 0.717) is 43.4 Å². The van der Waals surface area contributed by atoms with Gasteiger partial charge in [0.2, 0.25) is 0 Å². The van der Waals surface area contributed by atoms with Gasteiger partial charge in [-0.3, -0.25) is 4.79 Å². The van der Waals surface area contributed by atoms with Gasteiger partial charge < -0.3 is 9.29 Å². The van der Waals surface area contributed by atoms with Crippen LogP contribution in [0.3, 0.4) is 0 Å². The molecule has 6 heteroatoms. The molecule has 4 aliphatic rings. The van der Waals surface area contributed by atoms with E-state index in [9.17, 15) is 17.8 Å². The highest BCUT2D eigenvalue weighted by Gasteiger charge is 2.58. The van der Waals surface area contributed by atoms with Crippen molar-refractivity contribution in [2.45, 2.75) is 57.1 Å². The third-order valence-corrected chi connectivity index (χ3v) is 6.86. The van der Waals surface area contributed by atoms with Crippen molar-refractivity contribution in [3.8, 4) is 0 Å². The molecule has 1 atom stereocenters. The Kier molecular flexibility index (Phi) is 3.81. The minimum Gasteiger partial charge on any atom is -0.747 e. The lowest BCUT2D eigenvalue weighted by atomic mass is 9.48. The molecule has 0 aliphatic heterocycles. The smallest absolute Gasteiger partial charge is 0.323 e. The van der Waals surface area contributed by atoms with E-state index in [0.717, 1.165) is 19.3 Å². The number of ether oxygens (including phenoxy) is 1. The third kappa shape index (κ3) is 2.72. The molecule has 120 valence electrons. The van der Waals surface area contributed by atoms with Crippen molar-refractivity contribution in [3.05, 3.63) is 0 Å². The van der Waals surface area contributed by atoms with Crippen molar-refractivity contribution in [2.24, 2.45) is 23.2 Å². The third-order valence-electron chi connectivity index (χ3n) is 5.59. The first-order valence-corrected chi connectivity index (χ1v) is 9.42. The van der Waals surface area contributed by atoms with E-state index >= 15 is 0 Å². The van der Waals surface area contributed by atoms with Crippen LogP contribution in [0.1, 0.15) is 51.9 Å². The Labute approximate surface area is 126 Å². The number of carbonyl (C=O) groups excluding carboxylic acids is 1. The highest BCUT2D eigenvalue weighted by Crippen LogP contribution is 2.62. The molecule has 0 N–H and O–H groups in total. The highest BCUT2D eigenvalue weighted by atomic mass is 32.2. The molecule has 0 saturated heterocycles. The minimum absolute atomic E-state index is 0.178. The van der Waals surface area contributed by atoms with E-state index in [4.69, 9.17) is 4.74 Å². The molecule has 0 aromatic heterocycles. The zero-order valence-corrected chi connectivity index (χ0v) is 13.2. The van der Waals surface area contributed by atoms with Gasteiger partial charge in [-0.25, -0.2) is 8.42 Å². The molecule has 0 aromatic rings. The average molecular weight is 315 g/mol. The van der Waals surface area contributed by atoms with Gasteiger partial charge in [0.05, 0.1) is 6.61 Å². The molecule has 0 heterocycles. The Morgan fingerprint density at radius 2 is 1.67 bits per heavy atom. The Morgan fingerprint density at radius 1 is 1.19 bits per heavy atom.